The Morgan fingerprint density at radius 1 is 0.860 bits per heavy atom. The lowest BCUT2D eigenvalue weighted by Crippen LogP contribution is -2.44. The van der Waals surface area contributed by atoms with Gasteiger partial charge in [-0.15, -0.1) is 0 Å². The van der Waals surface area contributed by atoms with Crippen molar-refractivity contribution in [1.29, 1.82) is 0 Å². The fourth-order valence-electron chi connectivity index (χ4n) is 9.39. The van der Waals surface area contributed by atoms with Crippen molar-refractivity contribution >= 4 is 5.97 Å². The summed E-state index contributed by atoms with van der Waals surface area (Å²) in [5.74, 6) is 2.06. The second kappa shape index (κ2) is 15.1. The number of fused-ring (bicyclic) bond motifs is 5. The van der Waals surface area contributed by atoms with Gasteiger partial charge in [0.1, 0.15) is 5.75 Å². The van der Waals surface area contributed by atoms with Crippen molar-refractivity contribution in [3.63, 3.8) is 0 Å². The van der Waals surface area contributed by atoms with E-state index in [1.54, 1.807) is 0 Å². The maximum Gasteiger partial charge on any atom is 0.307 e. The zero-order chi connectivity index (χ0) is 30.2. The molecule has 5 rings (SSSR count). The van der Waals surface area contributed by atoms with Crippen LogP contribution in [-0.2, 0) is 24.1 Å². The van der Waals surface area contributed by atoms with Gasteiger partial charge in [0.05, 0.1) is 12.5 Å². The van der Waals surface area contributed by atoms with Gasteiger partial charge in [0, 0.05) is 0 Å². The second-order valence-electron chi connectivity index (χ2n) is 14.6. The number of aryl methyl sites for hydroxylation is 2. The van der Waals surface area contributed by atoms with E-state index in [1.165, 1.54) is 113 Å². The van der Waals surface area contributed by atoms with Crippen LogP contribution in [0.4, 0.5) is 0 Å². The monoisotopic (exact) mass is 588 g/mol. The Morgan fingerprint density at radius 2 is 1.53 bits per heavy atom. The van der Waals surface area contributed by atoms with Crippen LogP contribution in [-0.4, -0.2) is 27.4 Å². The van der Waals surface area contributed by atoms with E-state index in [0.717, 1.165) is 24.8 Å². The van der Waals surface area contributed by atoms with Crippen molar-refractivity contribution in [2.24, 2.45) is 23.2 Å². The predicted octanol–water partition coefficient (Wildman–Crippen LogP) is 9.39. The highest BCUT2D eigenvalue weighted by molar-refractivity contribution is 5.70. The molecule has 0 aromatic heterocycles. The number of carboxylic acids is 1. The number of aliphatic hydroxyl groups is 1. The van der Waals surface area contributed by atoms with Gasteiger partial charge < -0.3 is 15.3 Å². The fraction of sp³-hybridized carbons (Fsp3) is 0.667. The van der Waals surface area contributed by atoms with Gasteiger partial charge in [-0.25, -0.2) is 0 Å². The summed E-state index contributed by atoms with van der Waals surface area (Å²) in [6.45, 7) is 2.40. The van der Waals surface area contributed by atoms with Crippen LogP contribution in [0, 0.1) is 23.2 Å². The molecule has 0 amide bonds. The molecule has 0 unspecified atom stereocenters. The second-order valence-corrected chi connectivity index (χ2v) is 14.6. The summed E-state index contributed by atoms with van der Waals surface area (Å²) >= 11 is 0. The molecule has 3 aliphatic carbocycles. The number of aromatic hydroxyl groups is 1. The molecule has 3 aliphatic rings. The van der Waals surface area contributed by atoms with Crippen LogP contribution in [0.3, 0.4) is 0 Å². The molecular formula is C39H56O4. The van der Waals surface area contributed by atoms with E-state index < -0.39 is 5.97 Å². The average molecular weight is 589 g/mol. The van der Waals surface area contributed by atoms with Crippen molar-refractivity contribution in [1.82, 2.24) is 0 Å². The molecule has 0 radical (unpaired) electrons. The Morgan fingerprint density at radius 3 is 2.26 bits per heavy atom. The summed E-state index contributed by atoms with van der Waals surface area (Å²) < 4.78 is 0. The van der Waals surface area contributed by atoms with Gasteiger partial charge in [-0.3, -0.25) is 4.79 Å². The number of benzene rings is 2. The summed E-state index contributed by atoms with van der Waals surface area (Å²) in [6.07, 6.45) is 22.4. The molecule has 2 saturated carbocycles. The number of carboxylic acid groups (broad SMARTS) is 1. The molecule has 0 bridgehead atoms. The van der Waals surface area contributed by atoms with Crippen LogP contribution in [0.2, 0.25) is 0 Å². The SMILES string of the molecule is C[C@]12CC[C@@H]3c4ccc(O)cc4CC[C@H]3[C@@H]1C[C@H](CCCCCCCCCCCCCc1cccc(CC(=O)O)c1)[C@@H]2O. The molecule has 2 aromatic carbocycles. The number of phenolic OH excluding ortho intramolecular Hbond substituents is 1. The Bertz CT molecular complexity index is 1190. The summed E-state index contributed by atoms with van der Waals surface area (Å²) in [6, 6.07) is 14.1. The highest BCUT2D eigenvalue weighted by Gasteiger charge is 2.57. The summed E-state index contributed by atoms with van der Waals surface area (Å²) in [5.41, 5.74) is 5.09. The molecule has 0 heterocycles. The van der Waals surface area contributed by atoms with Crippen molar-refractivity contribution in [3.05, 3.63) is 64.7 Å². The maximum atomic E-state index is 11.5. The summed E-state index contributed by atoms with van der Waals surface area (Å²) in [7, 11) is 0. The first kappa shape index (κ1) is 32.1. The van der Waals surface area contributed by atoms with E-state index >= 15 is 0 Å². The Balaban J connectivity index is 0.907. The fourth-order valence-corrected chi connectivity index (χ4v) is 9.39. The van der Waals surface area contributed by atoms with Crippen LogP contribution in [0.15, 0.2) is 42.5 Å². The number of phenols is 1. The van der Waals surface area contributed by atoms with Crippen LogP contribution in [0.1, 0.15) is 138 Å². The third-order valence-electron chi connectivity index (χ3n) is 11.7. The minimum absolute atomic E-state index is 0.0906. The number of aliphatic carboxylic acids is 1. The van der Waals surface area contributed by atoms with Crippen molar-refractivity contribution in [2.45, 2.75) is 141 Å². The van der Waals surface area contributed by atoms with Crippen LogP contribution < -0.4 is 0 Å². The van der Waals surface area contributed by atoms with E-state index in [0.29, 0.717) is 29.4 Å². The first-order valence-corrected chi connectivity index (χ1v) is 17.6. The molecule has 3 N–H and O–H groups in total. The topological polar surface area (TPSA) is 77.8 Å². The summed E-state index contributed by atoms with van der Waals surface area (Å²) in [5, 5.41) is 30.4. The molecule has 0 aliphatic heterocycles. The van der Waals surface area contributed by atoms with Crippen molar-refractivity contribution in [3.8, 4) is 5.75 Å². The molecule has 4 heteroatoms. The van der Waals surface area contributed by atoms with E-state index in [1.807, 2.05) is 24.3 Å². The van der Waals surface area contributed by atoms with Gasteiger partial charge in [-0.1, -0.05) is 101 Å². The zero-order valence-corrected chi connectivity index (χ0v) is 26.6. The quantitative estimate of drug-likeness (QED) is 0.171. The lowest BCUT2D eigenvalue weighted by Gasteiger charge is -2.50. The predicted molar refractivity (Wildman–Crippen MR) is 174 cm³/mol. The number of hydrogen-bond donors (Lipinski definition) is 3. The number of aliphatic hydroxyl groups excluding tert-OH is 1. The molecule has 43 heavy (non-hydrogen) atoms. The largest absolute Gasteiger partial charge is 0.508 e. The maximum absolute atomic E-state index is 11.5. The standard InChI is InChI=1S/C39H56O4/c1-39-23-22-34-33-21-19-32(40)26-30(33)18-20-35(34)36(39)27-31(38(39)43)17-12-10-8-6-4-2-3-5-7-9-11-14-28-15-13-16-29(24-28)25-37(41)42/h13,15-16,19,21,24,26,31,34-36,38,40,43H,2-12,14,17-18,20,22-23,25,27H2,1H3,(H,41,42)/t31-,34+,35+,36-,38-,39-/m0/s1. The summed E-state index contributed by atoms with van der Waals surface area (Å²) in [4.78, 5) is 10.9. The van der Waals surface area contributed by atoms with Crippen molar-refractivity contribution < 1.29 is 20.1 Å². The highest BCUT2D eigenvalue weighted by atomic mass is 16.4. The molecule has 0 spiro atoms. The smallest absolute Gasteiger partial charge is 0.307 e. The van der Waals surface area contributed by atoms with E-state index in [-0.39, 0.29) is 17.9 Å². The number of carbonyl (C=O) groups is 1. The Kier molecular flexibility index (Phi) is 11.3. The number of unbranched alkanes of at least 4 members (excludes halogenated alkanes) is 10. The van der Waals surface area contributed by atoms with Gasteiger partial charge in [0.25, 0.3) is 0 Å². The molecule has 4 nitrogen and oxygen atoms in total. The Hall–Kier alpha value is -2.33. The molecule has 2 fully saturated rings. The number of rotatable bonds is 16. The minimum Gasteiger partial charge on any atom is -0.508 e. The average Bonchev–Trinajstić information content (AvgIpc) is 3.24. The van der Waals surface area contributed by atoms with Gasteiger partial charge in [0.2, 0.25) is 0 Å². The lowest BCUT2D eigenvalue weighted by atomic mass is 9.55. The molecule has 0 saturated heterocycles. The van der Waals surface area contributed by atoms with E-state index in [4.69, 9.17) is 5.11 Å². The van der Waals surface area contributed by atoms with Gasteiger partial charge in [-0.05, 0) is 115 Å². The lowest BCUT2D eigenvalue weighted by molar-refractivity contribution is -0.136. The van der Waals surface area contributed by atoms with Gasteiger partial charge in [0.15, 0.2) is 0 Å². The third kappa shape index (κ3) is 8.04. The first-order valence-electron chi connectivity index (χ1n) is 17.6. The van der Waals surface area contributed by atoms with E-state index in [2.05, 4.69) is 25.1 Å². The number of hydrogen-bond acceptors (Lipinski definition) is 3. The third-order valence-corrected chi connectivity index (χ3v) is 11.7. The van der Waals surface area contributed by atoms with Crippen LogP contribution in [0.25, 0.3) is 0 Å². The first-order chi connectivity index (χ1) is 20.8. The normalized spacial score (nSPS) is 27.8. The van der Waals surface area contributed by atoms with Crippen molar-refractivity contribution in [2.75, 3.05) is 0 Å². The van der Waals surface area contributed by atoms with Crippen LogP contribution in [0.5, 0.6) is 5.75 Å². The molecular weight excluding hydrogens is 532 g/mol. The van der Waals surface area contributed by atoms with Crippen LogP contribution >= 0.6 is 0 Å². The van der Waals surface area contributed by atoms with E-state index in [9.17, 15) is 15.0 Å². The zero-order valence-electron chi connectivity index (χ0n) is 26.6. The molecule has 236 valence electrons. The minimum atomic E-state index is -0.762. The Labute approximate surface area is 260 Å². The van der Waals surface area contributed by atoms with Gasteiger partial charge >= 0.3 is 5.97 Å². The van der Waals surface area contributed by atoms with Gasteiger partial charge in [-0.2, -0.15) is 0 Å². The highest BCUT2D eigenvalue weighted by Crippen LogP contribution is 2.62. The molecule has 6 atom stereocenters. The molecule has 2 aromatic rings.